The molecule has 0 radical (unpaired) electrons. The summed E-state index contributed by atoms with van der Waals surface area (Å²) in [4.78, 5) is 28.8. The summed E-state index contributed by atoms with van der Waals surface area (Å²) in [6.45, 7) is 1.40. The van der Waals surface area contributed by atoms with Crippen LogP contribution in [-0.2, 0) is 11.2 Å². The van der Waals surface area contributed by atoms with E-state index in [-0.39, 0.29) is 5.82 Å². The lowest BCUT2D eigenvalue weighted by Crippen LogP contribution is -2.42. The van der Waals surface area contributed by atoms with Crippen molar-refractivity contribution in [1.82, 2.24) is 9.55 Å². The van der Waals surface area contributed by atoms with Crippen molar-refractivity contribution in [2.45, 2.75) is 43.9 Å². The molecule has 2 aliphatic heterocycles. The summed E-state index contributed by atoms with van der Waals surface area (Å²) >= 11 is 0. The number of ether oxygens (including phenoxy) is 1. The topological polar surface area (TPSA) is 126 Å². The van der Waals surface area contributed by atoms with E-state index in [4.69, 9.17) is 4.74 Å². The first-order valence-electron chi connectivity index (χ1n) is 9.72. The summed E-state index contributed by atoms with van der Waals surface area (Å²) in [7, 11) is 0. The van der Waals surface area contributed by atoms with Crippen molar-refractivity contribution in [2.75, 3.05) is 23.8 Å². The van der Waals surface area contributed by atoms with Crippen LogP contribution in [0.4, 0.5) is 15.9 Å². The number of alkyl halides is 1. The molecule has 1 amide bonds. The Balaban J connectivity index is 1.53. The molecule has 4 atom stereocenters. The molecule has 0 spiro atoms. The lowest BCUT2D eigenvalue weighted by atomic mass is 9.98. The van der Waals surface area contributed by atoms with Crippen molar-refractivity contribution < 1.29 is 24.1 Å². The van der Waals surface area contributed by atoms with Crippen molar-refractivity contribution in [2.24, 2.45) is 0 Å². The van der Waals surface area contributed by atoms with E-state index < -0.39 is 42.3 Å². The minimum atomic E-state index is -2.30. The van der Waals surface area contributed by atoms with Crippen molar-refractivity contribution in [1.29, 1.82) is 0 Å². The number of aliphatic hydroxyl groups excluding tert-OH is 2. The van der Waals surface area contributed by atoms with E-state index in [0.717, 1.165) is 42.1 Å². The molecule has 0 saturated carbocycles. The number of aromatic nitrogens is 2. The zero-order valence-electron chi connectivity index (χ0n) is 16.3. The Morgan fingerprint density at radius 3 is 2.97 bits per heavy atom. The minimum Gasteiger partial charge on any atom is -0.394 e. The highest BCUT2D eigenvalue weighted by atomic mass is 19.1. The molecule has 9 nitrogen and oxygen atoms in total. The number of anilines is 2. The van der Waals surface area contributed by atoms with Gasteiger partial charge in [0.25, 0.3) is 5.91 Å². The van der Waals surface area contributed by atoms with Crippen molar-refractivity contribution in [3.63, 3.8) is 0 Å². The number of rotatable bonds is 4. The second-order valence-corrected chi connectivity index (χ2v) is 7.66. The number of carbonyl (C=O) groups is 1. The van der Waals surface area contributed by atoms with E-state index in [9.17, 15) is 24.2 Å². The second-order valence-electron chi connectivity index (χ2n) is 7.66. The van der Waals surface area contributed by atoms with Crippen LogP contribution in [0.1, 0.15) is 35.5 Å². The third-order valence-corrected chi connectivity index (χ3v) is 5.53. The SMILES string of the molecule is CC1(F)C(n2ccc(NC(=O)c3ccc4c(c3)CCCN4)nc2=O)O[C@H](CO)[C@H]1O. The largest absolute Gasteiger partial charge is 0.394 e. The van der Waals surface area contributed by atoms with Gasteiger partial charge in [0.15, 0.2) is 11.9 Å². The zero-order chi connectivity index (χ0) is 21.5. The Labute approximate surface area is 171 Å². The molecular formula is C20H23FN4O5. The van der Waals surface area contributed by atoms with E-state index in [1.54, 1.807) is 12.1 Å². The molecule has 2 unspecified atom stereocenters. The monoisotopic (exact) mass is 418 g/mol. The number of carbonyl (C=O) groups excluding carboxylic acids is 1. The molecule has 2 aromatic rings. The van der Waals surface area contributed by atoms with Crippen LogP contribution < -0.4 is 16.3 Å². The summed E-state index contributed by atoms with van der Waals surface area (Å²) < 4.78 is 21.1. The lowest BCUT2D eigenvalue weighted by molar-refractivity contribution is -0.0610. The normalized spacial score (nSPS) is 27.9. The maximum atomic E-state index is 14.9. The van der Waals surface area contributed by atoms with Gasteiger partial charge in [-0.1, -0.05) is 0 Å². The Bertz CT molecular complexity index is 1020. The van der Waals surface area contributed by atoms with Gasteiger partial charge in [-0.2, -0.15) is 4.98 Å². The smallest absolute Gasteiger partial charge is 0.351 e. The molecule has 1 saturated heterocycles. The van der Waals surface area contributed by atoms with Gasteiger partial charge in [-0.05, 0) is 49.6 Å². The third-order valence-electron chi connectivity index (χ3n) is 5.53. The summed E-state index contributed by atoms with van der Waals surface area (Å²) in [6, 6.07) is 6.68. The van der Waals surface area contributed by atoms with E-state index in [0.29, 0.717) is 5.56 Å². The standard InChI is InChI=1S/C20H23FN4O5/c1-20(21)16(27)14(10-26)30-18(20)25-8-6-15(24-19(25)29)23-17(28)12-4-5-13-11(9-12)3-2-7-22-13/h4-6,8-9,14,16,18,22,26-27H,2-3,7,10H2,1H3,(H,23,24,28,29)/t14-,16-,18?,20?/m1/s1. The van der Waals surface area contributed by atoms with Gasteiger partial charge in [0.1, 0.15) is 18.0 Å². The van der Waals surface area contributed by atoms with Crippen LogP contribution in [0.2, 0.25) is 0 Å². The second kappa shape index (κ2) is 7.78. The van der Waals surface area contributed by atoms with Crippen LogP contribution in [0.15, 0.2) is 35.3 Å². The van der Waals surface area contributed by atoms with E-state index in [2.05, 4.69) is 15.6 Å². The molecule has 0 aliphatic carbocycles. The van der Waals surface area contributed by atoms with Crippen LogP contribution >= 0.6 is 0 Å². The quantitative estimate of drug-likeness (QED) is 0.580. The number of nitrogens with one attached hydrogen (secondary N) is 2. The summed E-state index contributed by atoms with van der Waals surface area (Å²) in [6.07, 6.45) is -1.12. The molecule has 4 rings (SSSR count). The fourth-order valence-electron chi connectivity index (χ4n) is 3.83. The number of amides is 1. The number of halogens is 1. The van der Waals surface area contributed by atoms with Crippen LogP contribution in [-0.4, -0.2) is 56.7 Å². The van der Waals surface area contributed by atoms with Crippen LogP contribution in [0.25, 0.3) is 0 Å². The lowest BCUT2D eigenvalue weighted by Gasteiger charge is -2.24. The molecule has 4 N–H and O–H groups in total. The predicted molar refractivity (Wildman–Crippen MR) is 106 cm³/mol. The Morgan fingerprint density at radius 2 is 2.27 bits per heavy atom. The zero-order valence-corrected chi connectivity index (χ0v) is 16.3. The summed E-state index contributed by atoms with van der Waals surface area (Å²) in [5, 5.41) is 25.0. The fourth-order valence-corrected chi connectivity index (χ4v) is 3.83. The van der Waals surface area contributed by atoms with Crippen LogP contribution in [0, 0.1) is 0 Å². The molecule has 2 aliphatic rings. The molecule has 3 heterocycles. The molecule has 30 heavy (non-hydrogen) atoms. The number of fused-ring (bicyclic) bond motifs is 1. The number of nitrogens with zero attached hydrogens (tertiary/aromatic N) is 2. The van der Waals surface area contributed by atoms with Gasteiger partial charge in [0.05, 0.1) is 6.61 Å². The van der Waals surface area contributed by atoms with Gasteiger partial charge in [-0.15, -0.1) is 0 Å². The number of hydrogen-bond donors (Lipinski definition) is 4. The van der Waals surface area contributed by atoms with E-state index in [1.165, 1.54) is 12.3 Å². The highest BCUT2D eigenvalue weighted by molar-refractivity contribution is 6.04. The van der Waals surface area contributed by atoms with Crippen LogP contribution in [0.5, 0.6) is 0 Å². The first kappa shape index (κ1) is 20.5. The maximum absolute atomic E-state index is 14.9. The Hall–Kier alpha value is -2.82. The van der Waals surface area contributed by atoms with E-state index in [1.807, 2.05) is 6.07 Å². The highest BCUT2D eigenvalue weighted by Crippen LogP contribution is 2.40. The Morgan fingerprint density at radius 1 is 1.47 bits per heavy atom. The fraction of sp³-hybridized carbons (Fsp3) is 0.450. The number of benzene rings is 1. The molecular weight excluding hydrogens is 395 g/mol. The highest BCUT2D eigenvalue weighted by Gasteiger charge is 2.55. The number of hydrogen-bond acceptors (Lipinski definition) is 7. The number of aliphatic hydroxyl groups is 2. The molecule has 0 bridgehead atoms. The molecule has 160 valence electrons. The van der Waals surface area contributed by atoms with Crippen molar-refractivity contribution in [3.8, 4) is 0 Å². The number of aryl methyl sites for hydroxylation is 1. The minimum absolute atomic E-state index is 0.00918. The summed E-state index contributed by atoms with van der Waals surface area (Å²) in [5.74, 6) is -0.411. The maximum Gasteiger partial charge on any atom is 0.351 e. The Kier molecular flexibility index (Phi) is 5.31. The first-order valence-corrected chi connectivity index (χ1v) is 9.72. The average Bonchev–Trinajstić information content (AvgIpc) is 2.96. The average molecular weight is 418 g/mol. The summed E-state index contributed by atoms with van der Waals surface area (Å²) in [5.41, 5.74) is -0.668. The van der Waals surface area contributed by atoms with Gasteiger partial charge < -0.3 is 25.6 Å². The van der Waals surface area contributed by atoms with E-state index >= 15 is 0 Å². The van der Waals surface area contributed by atoms with Crippen molar-refractivity contribution >= 4 is 17.4 Å². The molecule has 10 heteroatoms. The van der Waals surface area contributed by atoms with Gasteiger partial charge in [0.2, 0.25) is 0 Å². The predicted octanol–water partition coefficient (Wildman–Crippen LogP) is 0.832. The van der Waals surface area contributed by atoms with Gasteiger partial charge in [-0.25, -0.2) is 9.18 Å². The third kappa shape index (κ3) is 3.57. The van der Waals surface area contributed by atoms with Crippen LogP contribution in [0.3, 0.4) is 0 Å². The van der Waals surface area contributed by atoms with Crippen molar-refractivity contribution in [3.05, 3.63) is 52.1 Å². The van der Waals surface area contributed by atoms with Gasteiger partial charge in [0, 0.05) is 24.0 Å². The van der Waals surface area contributed by atoms with Gasteiger partial charge >= 0.3 is 5.69 Å². The molecule has 1 aromatic carbocycles. The molecule has 1 fully saturated rings. The first-order chi connectivity index (χ1) is 14.3. The van der Waals surface area contributed by atoms with Gasteiger partial charge in [-0.3, -0.25) is 9.36 Å². The molecule has 1 aromatic heterocycles.